The summed E-state index contributed by atoms with van der Waals surface area (Å²) in [7, 11) is -13.1. The first-order valence-electron chi connectivity index (χ1n) is 37.9. The number of anilines is 3. The van der Waals surface area contributed by atoms with Gasteiger partial charge in [-0.2, -0.15) is 0 Å². The smallest absolute Gasteiger partial charge is 0.179 e. The molecule has 0 fully saturated rings. The highest BCUT2D eigenvalue weighted by molar-refractivity contribution is 7.20. The van der Waals surface area contributed by atoms with Crippen LogP contribution in [-0.2, 0) is 0 Å². The molecule has 0 saturated heterocycles. The van der Waals surface area contributed by atoms with E-state index in [4.69, 9.17) is 30.4 Å². The number of nitrogens with one attached hydrogen (secondary N) is 1. The van der Waals surface area contributed by atoms with Gasteiger partial charge in [0, 0.05) is 11.1 Å². The lowest BCUT2D eigenvalue weighted by Gasteiger charge is -2.35. The maximum absolute atomic E-state index is 10.7. The number of nitrogens with two attached hydrogens (primary N) is 1. The van der Waals surface area contributed by atoms with Crippen LogP contribution in [0.15, 0.2) is 272 Å². The molecule has 0 spiro atoms. The van der Waals surface area contributed by atoms with Gasteiger partial charge in [0.2, 0.25) is 0 Å². The van der Waals surface area contributed by atoms with Crippen LogP contribution in [0.3, 0.4) is 0 Å². The average Bonchev–Trinajstić information content (AvgIpc) is 0.684. The fourth-order valence-electron chi connectivity index (χ4n) is 7.31. The van der Waals surface area contributed by atoms with Gasteiger partial charge in [-0.3, -0.25) is 0 Å². The molecule has 3 N–H and O–H groups in total. The van der Waals surface area contributed by atoms with Crippen LogP contribution in [-0.4, -0.2) is 16.1 Å². The fraction of sp³-hybridized carbons (Fsp3) is 0. The highest BCUT2D eigenvalue weighted by atomic mass is 28.3. The third-order valence-corrected chi connectivity index (χ3v) is 18.1. The van der Waals surface area contributed by atoms with Crippen LogP contribution in [0.1, 0.15) is 52.1 Å². The molecule has 0 amide bonds. The summed E-state index contributed by atoms with van der Waals surface area (Å²) in [5.41, 5.74) is 2.36. The number of nitrogen functional groups attached to an aromatic ring is 1. The summed E-state index contributed by atoms with van der Waals surface area (Å²) in [6, 6.07) is -39.6. The molecule has 2 nitrogen and oxygen atoms in total. The number of para-hydroxylation sites is 3. The predicted octanol–water partition coefficient (Wildman–Crippen LogP) is 9.10. The van der Waals surface area contributed by atoms with E-state index in [1.807, 2.05) is 0 Å². The summed E-state index contributed by atoms with van der Waals surface area (Å²) in [6.45, 7) is 0. The van der Waals surface area contributed by atoms with Crippen molar-refractivity contribution in [3.05, 3.63) is 272 Å². The molecule has 10 aromatic rings. The van der Waals surface area contributed by atoms with E-state index in [0.29, 0.717) is 0 Å². The number of benzene rings is 10. The molecule has 0 aliphatic rings. The van der Waals surface area contributed by atoms with Gasteiger partial charge in [0.1, 0.15) is 0 Å². The van der Waals surface area contributed by atoms with Crippen molar-refractivity contribution in [3.8, 4) is 22.3 Å². The van der Waals surface area contributed by atoms with Gasteiger partial charge < -0.3 is 11.1 Å². The average molecular weight is 891 g/mol. The van der Waals surface area contributed by atoms with E-state index in [1.54, 1.807) is 0 Å². The Hall–Kier alpha value is -7.77. The van der Waals surface area contributed by atoms with E-state index in [0.717, 1.165) is 18.2 Å². The number of hydrogen-bond donors (Lipinski definition) is 2. The van der Waals surface area contributed by atoms with E-state index in [1.165, 1.54) is 24.3 Å². The maximum atomic E-state index is 10.7. The van der Waals surface area contributed by atoms with Crippen LogP contribution in [0, 0.1) is 0 Å². The predicted molar refractivity (Wildman–Crippen MR) is 279 cm³/mol. The van der Waals surface area contributed by atoms with Crippen LogP contribution in [0.2, 0.25) is 0 Å². The standard InChI is InChI=1S/C60H48N2Si2/c61-58-42-19-20-43-59(58)62-60-56(46-24-21-38-54(44-46)63(48-26-7-1-8-27-48,49-28-9-2-10-29-49)50-30-11-3-12-31-50)40-23-41-57(60)47-25-22-39-55(45-47)64(51-32-13-4-14-33-51,52-34-15-5-16-35-52)53-36-17-6-18-37-53/h1-45,62H,61H2/i1D,2D,3D,4D,5D,6D,7D,8D,9D,10D,11D,12D,13D,14D,15D,16D,17D,18D,21D,22D,24D,25D,26D,27D,28D,29D,30D,31D,32D,33D,34D,35D,36D,37D,38D,39D,44D,45D. The summed E-state index contributed by atoms with van der Waals surface area (Å²) in [6.07, 6.45) is 0. The zero-order chi connectivity index (χ0) is 76.3. The zero-order valence-corrected chi connectivity index (χ0v) is 34.6. The highest BCUT2D eigenvalue weighted by Crippen LogP contribution is 2.40. The van der Waals surface area contributed by atoms with Gasteiger partial charge in [-0.05, 0) is 64.8 Å². The topological polar surface area (TPSA) is 38.0 Å². The highest BCUT2D eigenvalue weighted by Gasteiger charge is 2.43. The number of hydrogen-bond acceptors (Lipinski definition) is 2. The molecule has 0 atom stereocenters. The molecule has 0 aliphatic heterocycles. The second-order valence-electron chi connectivity index (χ2n) is 13.4. The van der Waals surface area contributed by atoms with E-state index >= 15 is 0 Å². The van der Waals surface area contributed by atoms with Crippen molar-refractivity contribution in [1.29, 1.82) is 0 Å². The van der Waals surface area contributed by atoms with Gasteiger partial charge in [-0.25, -0.2) is 0 Å². The molecular formula is C60H48N2Si2. The monoisotopic (exact) mass is 891 g/mol. The first-order chi connectivity index (χ1) is 47.4. The lowest BCUT2D eigenvalue weighted by molar-refractivity contribution is 1.52. The third kappa shape index (κ3) is 7.29. The SMILES string of the molecule is [2H]c1c([2H])c([2H])c([Si](c2c([2H])c([2H])c([2H])c([2H])c2[2H])(c2c([2H])c([2H])c([2H])c([2H])c2[2H])c2c([2H])c([2H])c([2H])c(-c3cccc(-c4c([2H])c([2H])c([2H])c([Si](c5c([2H])c([2H])c([2H])c([2H])c5[2H])(c5c([2H])c([2H])c([2H])c([2H])c5[2H])c5c([2H])c([2H])c([2H])c([2H])c5[2H])c4[2H])c3Nc3ccccc3N)c2[2H])c([2H])c1[2H]. The molecule has 306 valence electrons. The summed E-state index contributed by atoms with van der Waals surface area (Å²) >= 11 is 0. The molecule has 0 bridgehead atoms. The molecule has 0 heterocycles. The Morgan fingerprint density at radius 3 is 0.969 bits per heavy atom. The maximum Gasteiger partial charge on any atom is 0.179 e. The van der Waals surface area contributed by atoms with Crippen molar-refractivity contribution in [2.45, 2.75) is 0 Å². The van der Waals surface area contributed by atoms with E-state index in [-0.39, 0.29) is 11.4 Å². The van der Waals surface area contributed by atoms with Crippen LogP contribution < -0.4 is 52.5 Å². The Labute approximate surface area is 432 Å². The minimum atomic E-state index is -6.55. The van der Waals surface area contributed by atoms with Gasteiger partial charge in [-0.1, -0.05) is 260 Å². The van der Waals surface area contributed by atoms with Crippen molar-refractivity contribution in [3.63, 3.8) is 0 Å². The summed E-state index contributed by atoms with van der Waals surface area (Å²) < 4.78 is 357. The Kier molecular flexibility index (Phi) is 4.51. The van der Waals surface area contributed by atoms with Crippen molar-refractivity contribution < 1.29 is 52.1 Å². The first kappa shape index (κ1) is 16.1. The van der Waals surface area contributed by atoms with E-state index in [2.05, 4.69) is 5.32 Å². The Morgan fingerprint density at radius 1 is 0.328 bits per heavy atom. The number of rotatable bonds is 12. The molecule has 0 saturated carbocycles. The molecule has 0 unspecified atom stereocenters. The van der Waals surface area contributed by atoms with Crippen molar-refractivity contribution in [2.75, 3.05) is 11.1 Å². The molecule has 0 aromatic heterocycles. The molecular weight excluding hydrogens is 805 g/mol. The fourth-order valence-corrected chi connectivity index (χ4v) is 14.4. The Morgan fingerprint density at radius 2 is 0.641 bits per heavy atom. The molecule has 0 radical (unpaired) electrons. The van der Waals surface area contributed by atoms with Crippen molar-refractivity contribution >= 4 is 74.7 Å². The Bertz CT molecular complexity index is 4600. The van der Waals surface area contributed by atoms with Crippen LogP contribution in [0.4, 0.5) is 17.1 Å². The Balaban J connectivity index is 1.54. The van der Waals surface area contributed by atoms with E-state index in [9.17, 15) is 27.4 Å². The second-order valence-corrected chi connectivity index (χ2v) is 20.4. The van der Waals surface area contributed by atoms with Crippen LogP contribution in [0.5, 0.6) is 0 Å². The molecule has 4 heteroatoms. The lowest BCUT2D eigenvalue weighted by Crippen LogP contribution is -2.74. The molecule has 10 aromatic carbocycles. The summed E-state index contributed by atoms with van der Waals surface area (Å²) in [5, 5.41) is -6.67. The van der Waals surface area contributed by atoms with Gasteiger partial charge in [0.25, 0.3) is 0 Å². The minimum Gasteiger partial charge on any atom is -0.397 e. The zero-order valence-electron chi connectivity index (χ0n) is 70.6. The van der Waals surface area contributed by atoms with Crippen LogP contribution in [0.25, 0.3) is 22.3 Å². The quantitative estimate of drug-likeness (QED) is 0.0731. The van der Waals surface area contributed by atoms with Gasteiger partial charge in [0.15, 0.2) is 16.1 Å². The lowest BCUT2D eigenvalue weighted by atomic mass is 9.95. The van der Waals surface area contributed by atoms with Gasteiger partial charge in [-0.15, -0.1) is 0 Å². The van der Waals surface area contributed by atoms with Crippen molar-refractivity contribution in [2.24, 2.45) is 0 Å². The first-order valence-corrected chi connectivity index (χ1v) is 22.9. The second kappa shape index (κ2) is 17.9. The minimum absolute atomic E-state index is 0.163. The molecule has 10 rings (SSSR count). The summed E-state index contributed by atoms with van der Waals surface area (Å²) in [4.78, 5) is 0. The van der Waals surface area contributed by atoms with Crippen molar-refractivity contribution in [1.82, 2.24) is 0 Å². The normalized spacial score (nSPS) is 19.8. The summed E-state index contributed by atoms with van der Waals surface area (Å²) in [5.74, 6) is 0. The van der Waals surface area contributed by atoms with Gasteiger partial charge in [0.05, 0.1) is 69.2 Å². The molecule has 0 aliphatic carbocycles. The van der Waals surface area contributed by atoms with Gasteiger partial charge >= 0.3 is 0 Å². The van der Waals surface area contributed by atoms with Crippen LogP contribution >= 0.6 is 0 Å². The third-order valence-electron chi connectivity index (χ3n) is 10.1. The molecule has 64 heavy (non-hydrogen) atoms. The van der Waals surface area contributed by atoms with E-state index < -0.39 is 315 Å². The largest absolute Gasteiger partial charge is 0.397 e.